The molecule has 1 aromatic carbocycles. The number of piperidine rings is 2. The van der Waals surface area contributed by atoms with E-state index in [1.807, 2.05) is 51.1 Å². The normalized spacial score (nSPS) is 19.1. The van der Waals surface area contributed by atoms with Crippen LogP contribution in [-0.2, 0) is 30.5 Å². The molecule has 2 heterocycles. The van der Waals surface area contributed by atoms with E-state index in [-0.39, 0.29) is 36.9 Å². The van der Waals surface area contributed by atoms with Gasteiger partial charge in [0.2, 0.25) is 11.8 Å². The van der Waals surface area contributed by atoms with Crippen molar-refractivity contribution in [3.05, 3.63) is 35.9 Å². The zero-order valence-corrected chi connectivity index (χ0v) is 24.1. The number of rotatable bonds is 11. The minimum absolute atomic E-state index is 0.0420. The van der Waals surface area contributed by atoms with Crippen LogP contribution in [0.4, 0.5) is 4.79 Å². The summed E-state index contributed by atoms with van der Waals surface area (Å²) in [6.07, 6.45) is 3.73. The number of likely N-dealkylation sites (tertiary alicyclic amines) is 2. The molecule has 0 radical (unpaired) electrons. The Balaban J connectivity index is 1.41. The lowest BCUT2D eigenvalue weighted by molar-refractivity contribution is -0.138. The smallest absolute Gasteiger partial charge is 0.410 e. The van der Waals surface area contributed by atoms with Gasteiger partial charge in [-0.15, -0.1) is 0 Å². The minimum Gasteiger partial charge on any atom is -0.481 e. The highest BCUT2D eigenvalue weighted by Crippen LogP contribution is 2.25. The Morgan fingerprint density at radius 3 is 2.38 bits per heavy atom. The Hall–Kier alpha value is -3.14. The average Bonchev–Trinajstić information content (AvgIpc) is 2.91. The molecule has 3 amide bonds. The van der Waals surface area contributed by atoms with Gasteiger partial charge in [-0.1, -0.05) is 30.3 Å². The van der Waals surface area contributed by atoms with Gasteiger partial charge in [0, 0.05) is 32.6 Å². The van der Waals surface area contributed by atoms with Gasteiger partial charge >= 0.3 is 12.1 Å². The molecule has 2 N–H and O–H groups in total. The lowest BCUT2D eigenvalue weighted by Crippen LogP contribution is -2.49. The lowest BCUT2D eigenvalue weighted by Gasteiger charge is -2.35. The van der Waals surface area contributed by atoms with E-state index in [1.54, 1.807) is 9.80 Å². The SMILES string of the molecule is CC(C)(C)OC(=O)N1CCC(CCC(=O)N2CCC[C@@H](C(=O)N[C@H](COCc3ccccc3)CC(=O)O)C2)CC1. The van der Waals surface area contributed by atoms with Crippen molar-refractivity contribution in [2.45, 2.75) is 84.0 Å². The van der Waals surface area contributed by atoms with Crippen molar-refractivity contribution >= 4 is 23.9 Å². The van der Waals surface area contributed by atoms with Crippen molar-refractivity contribution in [1.82, 2.24) is 15.1 Å². The van der Waals surface area contributed by atoms with Crippen LogP contribution in [0.2, 0.25) is 0 Å². The van der Waals surface area contributed by atoms with Gasteiger partial charge in [-0.05, 0) is 64.4 Å². The number of amides is 3. The second-order valence-electron chi connectivity index (χ2n) is 11.9. The number of carboxylic acid groups (broad SMARTS) is 1. The summed E-state index contributed by atoms with van der Waals surface area (Å²) in [6.45, 7) is 8.22. The van der Waals surface area contributed by atoms with Gasteiger partial charge in [0.05, 0.1) is 31.6 Å². The van der Waals surface area contributed by atoms with Crippen LogP contribution in [0.3, 0.4) is 0 Å². The summed E-state index contributed by atoms with van der Waals surface area (Å²) in [4.78, 5) is 53.2. The summed E-state index contributed by atoms with van der Waals surface area (Å²) < 4.78 is 11.1. The molecule has 3 rings (SSSR count). The van der Waals surface area contributed by atoms with Gasteiger partial charge in [-0.25, -0.2) is 4.79 Å². The first kappa shape index (κ1) is 31.4. The molecule has 2 saturated heterocycles. The Labute approximate surface area is 237 Å². The maximum atomic E-state index is 13.0. The number of hydrogen-bond acceptors (Lipinski definition) is 6. The second-order valence-corrected chi connectivity index (χ2v) is 11.9. The van der Waals surface area contributed by atoms with Crippen LogP contribution in [0.1, 0.15) is 71.3 Å². The monoisotopic (exact) mass is 559 g/mol. The first-order chi connectivity index (χ1) is 19.0. The summed E-state index contributed by atoms with van der Waals surface area (Å²) in [7, 11) is 0. The molecule has 0 saturated carbocycles. The number of nitrogens with one attached hydrogen (secondary N) is 1. The predicted octanol–water partition coefficient (Wildman–Crippen LogP) is 3.83. The van der Waals surface area contributed by atoms with Gasteiger partial charge in [0.25, 0.3) is 0 Å². The minimum atomic E-state index is -1.01. The molecule has 10 heteroatoms. The summed E-state index contributed by atoms with van der Waals surface area (Å²) in [5, 5.41) is 12.2. The van der Waals surface area contributed by atoms with E-state index in [2.05, 4.69) is 5.32 Å². The van der Waals surface area contributed by atoms with Gasteiger partial charge < -0.3 is 29.7 Å². The third-order valence-electron chi connectivity index (χ3n) is 7.38. The highest BCUT2D eigenvalue weighted by atomic mass is 16.6. The maximum absolute atomic E-state index is 13.0. The number of nitrogens with zero attached hydrogens (tertiary/aromatic N) is 2. The Kier molecular flexibility index (Phi) is 11.8. The van der Waals surface area contributed by atoms with E-state index < -0.39 is 17.6 Å². The van der Waals surface area contributed by atoms with Gasteiger partial charge in [0.1, 0.15) is 5.60 Å². The molecule has 222 valence electrons. The summed E-state index contributed by atoms with van der Waals surface area (Å²) >= 11 is 0. The zero-order chi connectivity index (χ0) is 29.1. The number of ether oxygens (including phenoxy) is 2. The molecule has 2 atom stereocenters. The van der Waals surface area contributed by atoms with E-state index in [4.69, 9.17) is 9.47 Å². The van der Waals surface area contributed by atoms with Crippen molar-refractivity contribution < 1.29 is 33.8 Å². The van der Waals surface area contributed by atoms with E-state index in [0.717, 1.165) is 31.2 Å². The number of benzene rings is 1. The molecule has 0 bridgehead atoms. The summed E-state index contributed by atoms with van der Waals surface area (Å²) in [5.74, 6) is -1.20. The fraction of sp³-hybridized carbons (Fsp3) is 0.667. The zero-order valence-electron chi connectivity index (χ0n) is 24.1. The van der Waals surface area contributed by atoms with Crippen molar-refractivity contribution in [3.63, 3.8) is 0 Å². The third kappa shape index (κ3) is 10.8. The lowest BCUT2D eigenvalue weighted by atomic mass is 9.91. The fourth-order valence-electron chi connectivity index (χ4n) is 5.21. The predicted molar refractivity (Wildman–Crippen MR) is 149 cm³/mol. The molecular formula is C30H45N3O7. The van der Waals surface area contributed by atoms with E-state index in [9.17, 15) is 24.3 Å². The molecule has 2 fully saturated rings. The van der Waals surface area contributed by atoms with E-state index >= 15 is 0 Å². The topological polar surface area (TPSA) is 125 Å². The Morgan fingerprint density at radius 1 is 1.02 bits per heavy atom. The average molecular weight is 560 g/mol. The molecular weight excluding hydrogens is 514 g/mol. The van der Waals surface area contributed by atoms with Gasteiger partial charge in [-0.3, -0.25) is 14.4 Å². The van der Waals surface area contributed by atoms with Crippen LogP contribution < -0.4 is 5.32 Å². The standard InChI is InChI=1S/C30H45N3O7/c1-30(2,3)40-29(38)32-16-13-22(14-17-32)11-12-26(34)33-15-7-10-24(19-33)28(37)31-25(18-27(35)36)21-39-20-23-8-5-4-6-9-23/h4-6,8-9,22,24-25H,7,10-21H2,1-3H3,(H,31,37)(H,35,36)/t24-,25+/m1/s1. The molecule has 40 heavy (non-hydrogen) atoms. The second kappa shape index (κ2) is 15.0. The highest BCUT2D eigenvalue weighted by molar-refractivity contribution is 5.82. The fourth-order valence-corrected chi connectivity index (χ4v) is 5.21. The quantitative estimate of drug-likeness (QED) is 0.422. The van der Waals surface area contributed by atoms with Crippen LogP contribution in [-0.4, -0.2) is 83.2 Å². The molecule has 2 aliphatic rings. The van der Waals surface area contributed by atoms with Crippen LogP contribution >= 0.6 is 0 Å². The molecule has 0 unspecified atom stereocenters. The highest BCUT2D eigenvalue weighted by Gasteiger charge is 2.31. The largest absolute Gasteiger partial charge is 0.481 e. The number of carboxylic acids is 1. The first-order valence-electron chi connectivity index (χ1n) is 14.4. The first-order valence-corrected chi connectivity index (χ1v) is 14.4. The molecule has 2 aliphatic heterocycles. The van der Waals surface area contributed by atoms with Gasteiger partial charge in [-0.2, -0.15) is 0 Å². The van der Waals surface area contributed by atoms with Gasteiger partial charge in [0.15, 0.2) is 0 Å². The number of hydrogen-bond donors (Lipinski definition) is 2. The van der Waals surface area contributed by atoms with Crippen LogP contribution in [0.15, 0.2) is 30.3 Å². The van der Waals surface area contributed by atoms with Crippen LogP contribution in [0.5, 0.6) is 0 Å². The summed E-state index contributed by atoms with van der Waals surface area (Å²) in [6, 6.07) is 8.91. The number of carbonyl (C=O) groups excluding carboxylic acids is 3. The molecule has 0 aliphatic carbocycles. The molecule has 10 nitrogen and oxygen atoms in total. The summed E-state index contributed by atoms with van der Waals surface area (Å²) in [5.41, 5.74) is 0.453. The number of aliphatic carboxylic acids is 1. The van der Waals surface area contributed by atoms with Crippen molar-refractivity contribution in [2.24, 2.45) is 11.8 Å². The number of carbonyl (C=O) groups is 4. The molecule has 0 spiro atoms. The molecule has 0 aromatic heterocycles. The Morgan fingerprint density at radius 2 is 1.73 bits per heavy atom. The van der Waals surface area contributed by atoms with Crippen molar-refractivity contribution in [1.29, 1.82) is 0 Å². The van der Waals surface area contributed by atoms with Crippen molar-refractivity contribution in [2.75, 3.05) is 32.8 Å². The van der Waals surface area contributed by atoms with Crippen molar-refractivity contribution in [3.8, 4) is 0 Å². The molecule has 1 aromatic rings. The Bertz CT molecular complexity index is 987. The van der Waals surface area contributed by atoms with E-state index in [1.165, 1.54) is 0 Å². The van der Waals surface area contributed by atoms with Crippen LogP contribution in [0.25, 0.3) is 0 Å². The third-order valence-corrected chi connectivity index (χ3v) is 7.38. The maximum Gasteiger partial charge on any atom is 0.410 e. The van der Waals surface area contributed by atoms with E-state index in [0.29, 0.717) is 51.5 Å². The van der Waals surface area contributed by atoms with Crippen LogP contribution in [0, 0.1) is 11.8 Å².